The standard InChI is InChI=1S/C11H9ClN4/c1-15-6-9(5-14-15)8-4-11-10(12)2-3-13-16(11)7-8/h2-7H,1H3. The molecule has 5 heteroatoms. The molecule has 0 atom stereocenters. The van der Waals surface area contributed by atoms with Gasteiger partial charge in [-0.2, -0.15) is 10.2 Å². The van der Waals surface area contributed by atoms with Gasteiger partial charge in [0, 0.05) is 36.8 Å². The van der Waals surface area contributed by atoms with Crippen LogP contribution in [-0.4, -0.2) is 19.4 Å². The van der Waals surface area contributed by atoms with Crippen molar-refractivity contribution in [3.05, 3.63) is 41.9 Å². The van der Waals surface area contributed by atoms with Gasteiger partial charge in [0.05, 0.1) is 16.7 Å². The molecule has 16 heavy (non-hydrogen) atoms. The topological polar surface area (TPSA) is 35.1 Å². The molecule has 0 spiro atoms. The molecule has 0 unspecified atom stereocenters. The quantitative estimate of drug-likeness (QED) is 0.646. The molecule has 0 fully saturated rings. The molecule has 0 saturated heterocycles. The van der Waals surface area contributed by atoms with E-state index >= 15 is 0 Å². The zero-order valence-electron chi connectivity index (χ0n) is 8.63. The van der Waals surface area contributed by atoms with E-state index in [1.807, 2.05) is 31.7 Å². The summed E-state index contributed by atoms with van der Waals surface area (Å²) >= 11 is 6.08. The Morgan fingerprint density at radius 1 is 1.19 bits per heavy atom. The average Bonchev–Trinajstić information content (AvgIpc) is 2.84. The van der Waals surface area contributed by atoms with Crippen molar-refractivity contribution in [2.24, 2.45) is 7.05 Å². The van der Waals surface area contributed by atoms with Crippen molar-refractivity contribution in [3.8, 4) is 11.1 Å². The molecule has 0 aliphatic heterocycles. The molecule has 0 aliphatic carbocycles. The first kappa shape index (κ1) is 9.42. The van der Waals surface area contributed by atoms with Crippen molar-refractivity contribution in [1.29, 1.82) is 0 Å². The van der Waals surface area contributed by atoms with Crippen molar-refractivity contribution in [3.63, 3.8) is 0 Å². The van der Waals surface area contributed by atoms with Crippen LogP contribution in [0.3, 0.4) is 0 Å². The fraction of sp³-hybridized carbons (Fsp3) is 0.0909. The Kier molecular flexibility index (Phi) is 1.97. The lowest BCUT2D eigenvalue weighted by Crippen LogP contribution is -1.86. The fourth-order valence-corrected chi connectivity index (χ4v) is 1.91. The van der Waals surface area contributed by atoms with Gasteiger partial charge in [-0.05, 0) is 12.1 Å². The van der Waals surface area contributed by atoms with Gasteiger partial charge in [0.2, 0.25) is 0 Å². The summed E-state index contributed by atoms with van der Waals surface area (Å²) in [6.45, 7) is 0. The molecule has 0 N–H and O–H groups in total. The third kappa shape index (κ3) is 1.39. The summed E-state index contributed by atoms with van der Waals surface area (Å²) in [5.74, 6) is 0. The van der Waals surface area contributed by atoms with E-state index in [0.717, 1.165) is 16.6 Å². The molecular weight excluding hydrogens is 224 g/mol. The van der Waals surface area contributed by atoms with Crippen LogP contribution in [-0.2, 0) is 7.05 Å². The van der Waals surface area contributed by atoms with Crippen molar-refractivity contribution in [1.82, 2.24) is 19.4 Å². The summed E-state index contributed by atoms with van der Waals surface area (Å²) in [6, 6.07) is 3.79. The smallest absolute Gasteiger partial charge is 0.0839 e. The number of aryl methyl sites for hydroxylation is 1. The first-order chi connectivity index (χ1) is 7.74. The van der Waals surface area contributed by atoms with Crippen molar-refractivity contribution in [2.75, 3.05) is 0 Å². The van der Waals surface area contributed by atoms with Gasteiger partial charge in [0.1, 0.15) is 0 Å². The van der Waals surface area contributed by atoms with Gasteiger partial charge in [-0.25, -0.2) is 4.52 Å². The Balaban J connectivity index is 2.22. The lowest BCUT2D eigenvalue weighted by Gasteiger charge is -1.92. The summed E-state index contributed by atoms with van der Waals surface area (Å²) in [5, 5.41) is 9.04. The monoisotopic (exact) mass is 232 g/mol. The molecule has 0 saturated carbocycles. The van der Waals surface area contributed by atoms with Crippen LogP contribution in [0.25, 0.3) is 16.6 Å². The third-order valence-corrected chi connectivity index (χ3v) is 2.81. The maximum absolute atomic E-state index is 6.08. The first-order valence-corrected chi connectivity index (χ1v) is 5.24. The molecule has 0 amide bonds. The molecular formula is C11H9ClN4. The molecule has 3 aromatic rings. The van der Waals surface area contributed by atoms with Crippen molar-refractivity contribution in [2.45, 2.75) is 0 Å². The maximum atomic E-state index is 6.08. The predicted molar refractivity (Wildman–Crippen MR) is 62.4 cm³/mol. The number of hydrogen-bond acceptors (Lipinski definition) is 2. The summed E-state index contributed by atoms with van der Waals surface area (Å²) in [6.07, 6.45) is 7.41. The van der Waals surface area contributed by atoms with Crippen LogP contribution in [0, 0.1) is 0 Å². The van der Waals surface area contributed by atoms with Crippen LogP contribution in [0.5, 0.6) is 0 Å². The van der Waals surface area contributed by atoms with Crippen molar-refractivity contribution >= 4 is 17.1 Å². The van der Waals surface area contributed by atoms with Gasteiger partial charge in [0.25, 0.3) is 0 Å². The highest BCUT2D eigenvalue weighted by atomic mass is 35.5. The molecule has 3 aromatic heterocycles. The van der Waals surface area contributed by atoms with Gasteiger partial charge in [-0.15, -0.1) is 0 Å². The van der Waals surface area contributed by atoms with E-state index in [2.05, 4.69) is 10.2 Å². The highest BCUT2D eigenvalue weighted by Crippen LogP contribution is 2.25. The lowest BCUT2D eigenvalue weighted by atomic mass is 10.2. The Labute approximate surface area is 97.1 Å². The average molecular weight is 233 g/mol. The second kappa shape index (κ2) is 3.35. The van der Waals surface area contributed by atoms with Gasteiger partial charge in [-0.3, -0.25) is 4.68 Å². The van der Waals surface area contributed by atoms with Gasteiger partial charge in [-0.1, -0.05) is 11.6 Å². The van der Waals surface area contributed by atoms with Gasteiger partial charge >= 0.3 is 0 Å². The van der Waals surface area contributed by atoms with E-state index in [4.69, 9.17) is 11.6 Å². The van der Waals surface area contributed by atoms with Crippen LogP contribution < -0.4 is 0 Å². The SMILES string of the molecule is Cn1cc(-c2cc3c(Cl)ccnn3c2)cn1. The van der Waals surface area contributed by atoms with Gasteiger partial charge in [0.15, 0.2) is 0 Å². The number of hydrogen-bond donors (Lipinski definition) is 0. The van der Waals surface area contributed by atoms with E-state index < -0.39 is 0 Å². The van der Waals surface area contributed by atoms with Crippen LogP contribution in [0.2, 0.25) is 5.02 Å². The first-order valence-electron chi connectivity index (χ1n) is 4.86. The summed E-state index contributed by atoms with van der Waals surface area (Å²) < 4.78 is 3.54. The number of rotatable bonds is 1. The van der Waals surface area contributed by atoms with Crippen LogP contribution in [0.15, 0.2) is 36.9 Å². The van der Waals surface area contributed by atoms with E-state index in [-0.39, 0.29) is 0 Å². The summed E-state index contributed by atoms with van der Waals surface area (Å²) in [4.78, 5) is 0. The molecule has 3 heterocycles. The normalized spacial score (nSPS) is 11.1. The molecule has 0 bridgehead atoms. The van der Waals surface area contributed by atoms with E-state index in [9.17, 15) is 0 Å². The molecule has 3 rings (SSSR count). The van der Waals surface area contributed by atoms with Gasteiger partial charge < -0.3 is 0 Å². The van der Waals surface area contributed by atoms with Crippen molar-refractivity contribution < 1.29 is 0 Å². The van der Waals surface area contributed by atoms with E-state index in [0.29, 0.717) is 5.02 Å². The summed E-state index contributed by atoms with van der Waals surface area (Å²) in [7, 11) is 1.89. The Morgan fingerprint density at radius 2 is 2.06 bits per heavy atom. The van der Waals surface area contributed by atoms with Crippen LogP contribution in [0.4, 0.5) is 0 Å². The minimum Gasteiger partial charge on any atom is -0.275 e. The van der Waals surface area contributed by atoms with E-state index in [1.165, 1.54) is 0 Å². The van der Waals surface area contributed by atoms with E-state index in [1.54, 1.807) is 21.5 Å². The molecule has 0 aliphatic rings. The highest BCUT2D eigenvalue weighted by molar-refractivity contribution is 6.33. The Bertz CT molecular complexity index is 653. The highest BCUT2D eigenvalue weighted by Gasteiger charge is 2.06. The zero-order chi connectivity index (χ0) is 11.1. The maximum Gasteiger partial charge on any atom is 0.0839 e. The predicted octanol–water partition coefficient (Wildman–Crippen LogP) is 2.39. The molecule has 4 nitrogen and oxygen atoms in total. The second-order valence-corrected chi connectivity index (χ2v) is 4.05. The second-order valence-electron chi connectivity index (χ2n) is 3.64. The lowest BCUT2D eigenvalue weighted by molar-refractivity contribution is 0.768. The fourth-order valence-electron chi connectivity index (χ4n) is 1.71. The number of aromatic nitrogens is 4. The Morgan fingerprint density at radius 3 is 2.75 bits per heavy atom. The van der Waals surface area contributed by atoms with Crippen LogP contribution >= 0.6 is 11.6 Å². The number of nitrogens with zero attached hydrogens (tertiary/aromatic N) is 4. The number of fused-ring (bicyclic) bond motifs is 1. The minimum absolute atomic E-state index is 0.699. The number of halogens is 1. The Hall–Kier alpha value is -1.81. The third-order valence-electron chi connectivity index (χ3n) is 2.50. The van der Waals surface area contributed by atoms with Crippen LogP contribution in [0.1, 0.15) is 0 Å². The molecule has 0 aromatic carbocycles. The molecule has 80 valence electrons. The zero-order valence-corrected chi connectivity index (χ0v) is 9.39. The largest absolute Gasteiger partial charge is 0.275 e. The molecule has 0 radical (unpaired) electrons. The summed E-state index contributed by atoms with van der Waals surface area (Å²) in [5.41, 5.74) is 3.03. The minimum atomic E-state index is 0.699.